The molecule has 23 heavy (non-hydrogen) atoms. The fourth-order valence-corrected chi connectivity index (χ4v) is 3.84. The van der Waals surface area contributed by atoms with Crippen molar-refractivity contribution < 1.29 is 8.42 Å². The molecule has 0 heterocycles. The fraction of sp³-hybridized carbons (Fsp3) is 0.941. The number of nitrogens with zero attached hydrogens (tertiary/aromatic N) is 1. The number of hydrogen-bond donors (Lipinski definition) is 2. The molecule has 0 spiro atoms. The van der Waals surface area contributed by atoms with Gasteiger partial charge in [-0.3, -0.25) is 4.99 Å². The van der Waals surface area contributed by atoms with E-state index in [1.807, 2.05) is 13.8 Å². The minimum absolute atomic E-state index is 0.0980. The summed E-state index contributed by atoms with van der Waals surface area (Å²) in [6.45, 7) is 5.69. The Morgan fingerprint density at radius 2 is 1.96 bits per heavy atom. The molecule has 0 radical (unpaired) electrons. The van der Waals surface area contributed by atoms with E-state index in [1.165, 1.54) is 44.8 Å². The van der Waals surface area contributed by atoms with Crippen LogP contribution in [0.1, 0.15) is 65.2 Å². The first-order valence-electron chi connectivity index (χ1n) is 9.13. The van der Waals surface area contributed by atoms with Crippen LogP contribution in [0.25, 0.3) is 0 Å². The zero-order valence-corrected chi connectivity index (χ0v) is 15.9. The summed E-state index contributed by atoms with van der Waals surface area (Å²) in [4.78, 5) is 4.63. The van der Waals surface area contributed by atoms with Crippen molar-refractivity contribution in [3.63, 3.8) is 0 Å². The van der Waals surface area contributed by atoms with Crippen molar-refractivity contribution in [2.45, 2.75) is 71.3 Å². The molecular weight excluding hydrogens is 310 g/mol. The van der Waals surface area contributed by atoms with E-state index in [0.717, 1.165) is 31.4 Å². The first-order valence-corrected chi connectivity index (χ1v) is 11.2. The second-order valence-corrected chi connectivity index (χ2v) is 9.13. The highest BCUT2D eigenvalue weighted by Gasteiger charge is 2.13. The third-order valence-corrected chi connectivity index (χ3v) is 5.39. The molecule has 5 nitrogen and oxygen atoms in total. The van der Waals surface area contributed by atoms with E-state index < -0.39 is 9.84 Å². The van der Waals surface area contributed by atoms with Gasteiger partial charge in [-0.25, -0.2) is 8.42 Å². The zero-order valence-electron chi connectivity index (χ0n) is 15.1. The van der Waals surface area contributed by atoms with E-state index >= 15 is 0 Å². The third kappa shape index (κ3) is 10.6. The molecule has 0 amide bonds. The molecule has 1 unspecified atom stereocenters. The van der Waals surface area contributed by atoms with Crippen molar-refractivity contribution in [1.82, 2.24) is 10.6 Å². The van der Waals surface area contributed by atoms with Crippen LogP contribution in [0.2, 0.25) is 0 Å². The fourth-order valence-electron chi connectivity index (χ4n) is 3.06. The molecule has 0 aromatic heterocycles. The number of nitrogens with one attached hydrogen (secondary N) is 2. The Morgan fingerprint density at radius 3 is 2.57 bits per heavy atom. The van der Waals surface area contributed by atoms with E-state index in [-0.39, 0.29) is 11.8 Å². The summed E-state index contributed by atoms with van der Waals surface area (Å²) in [5, 5.41) is 6.54. The Kier molecular flexibility index (Phi) is 9.60. The molecular formula is C17H35N3O2S. The number of guanidine groups is 1. The van der Waals surface area contributed by atoms with Gasteiger partial charge in [0.25, 0.3) is 0 Å². The van der Waals surface area contributed by atoms with Gasteiger partial charge < -0.3 is 10.6 Å². The summed E-state index contributed by atoms with van der Waals surface area (Å²) in [6.07, 6.45) is 11.3. The summed E-state index contributed by atoms with van der Waals surface area (Å²) in [6, 6.07) is 0.0980. The van der Waals surface area contributed by atoms with Gasteiger partial charge in [-0.15, -0.1) is 0 Å². The Balaban J connectivity index is 2.30. The van der Waals surface area contributed by atoms with Crippen LogP contribution >= 0.6 is 0 Å². The maximum absolute atomic E-state index is 11.2. The molecule has 1 rings (SSSR count). The predicted molar refractivity (Wildman–Crippen MR) is 98.7 cm³/mol. The lowest BCUT2D eigenvalue weighted by molar-refractivity contribution is 0.334. The summed E-state index contributed by atoms with van der Waals surface area (Å²) in [7, 11) is -2.90. The van der Waals surface area contributed by atoms with Gasteiger partial charge in [0.15, 0.2) is 5.96 Å². The Labute approximate surface area is 142 Å². The highest BCUT2D eigenvalue weighted by Crippen LogP contribution is 2.27. The van der Waals surface area contributed by atoms with Crippen molar-refractivity contribution in [2.75, 3.05) is 25.1 Å². The normalized spacial score (nSPS) is 18.7. The lowest BCUT2D eigenvalue weighted by atomic mass is 9.86. The predicted octanol–water partition coefficient (Wildman–Crippen LogP) is 2.73. The van der Waals surface area contributed by atoms with Crippen LogP contribution < -0.4 is 10.6 Å². The van der Waals surface area contributed by atoms with Crippen molar-refractivity contribution in [3.8, 4) is 0 Å². The van der Waals surface area contributed by atoms with E-state index in [0.29, 0.717) is 6.42 Å². The average molecular weight is 346 g/mol. The zero-order chi connectivity index (χ0) is 17.1. The van der Waals surface area contributed by atoms with Crippen LogP contribution in [0, 0.1) is 5.92 Å². The van der Waals surface area contributed by atoms with Gasteiger partial charge >= 0.3 is 0 Å². The van der Waals surface area contributed by atoms with E-state index in [2.05, 4.69) is 15.6 Å². The third-order valence-electron chi connectivity index (χ3n) is 4.41. The van der Waals surface area contributed by atoms with Gasteiger partial charge in [0.2, 0.25) is 0 Å². The molecule has 0 aliphatic heterocycles. The monoisotopic (exact) mass is 345 g/mol. The van der Waals surface area contributed by atoms with E-state index in [9.17, 15) is 8.42 Å². The van der Waals surface area contributed by atoms with Crippen molar-refractivity contribution >= 4 is 15.8 Å². The number of aliphatic imine (C=N–C) groups is 1. The van der Waals surface area contributed by atoms with E-state index in [1.54, 1.807) is 0 Å². The largest absolute Gasteiger partial charge is 0.357 e. The summed E-state index contributed by atoms with van der Waals surface area (Å²) in [5.74, 6) is 1.92. The molecule has 0 bridgehead atoms. The van der Waals surface area contributed by atoms with Gasteiger partial charge in [0.1, 0.15) is 9.84 Å². The minimum atomic E-state index is -2.90. The topological polar surface area (TPSA) is 70.6 Å². The molecule has 1 atom stereocenters. The number of sulfone groups is 1. The van der Waals surface area contributed by atoms with Crippen LogP contribution in [0.3, 0.4) is 0 Å². The van der Waals surface area contributed by atoms with Crippen molar-refractivity contribution in [1.29, 1.82) is 0 Å². The minimum Gasteiger partial charge on any atom is -0.357 e. The summed E-state index contributed by atoms with van der Waals surface area (Å²) < 4.78 is 22.5. The summed E-state index contributed by atoms with van der Waals surface area (Å²) >= 11 is 0. The quantitative estimate of drug-likeness (QED) is 0.383. The first kappa shape index (κ1) is 20.3. The molecule has 0 aromatic rings. The SMILES string of the molecule is CCNC(=NCCCC1CCCCC1)NC(C)CCS(C)(=O)=O. The number of hydrogen-bond acceptors (Lipinski definition) is 3. The van der Waals surface area contributed by atoms with E-state index in [4.69, 9.17) is 0 Å². The van der Waals surface area contributed by atoms with Gasteiger partial charge in [-0.05, 0) is 39.0 Å². The lowest BCUT2D eigenvalue weighted by Gasteiger charge is -2.21. The van der Waals surface area contributed by atoms with Crippen molar-refractivity contribution in [3.05, 3.63) is 0 Å². The molecule has 1 aliphatic carbocycles. The van der Waals surface area contributed by atoms with Crippen LogP contribution in [-0.2, 0) is 9.84 Å². The van der Waals surface area contributed by atoms with Crippen LogP contribution in [0.15, 0.2) is 4.99 Å². The van der Waals surface area contributed by atoms with Crippen LogP contribution in [0.4, 0.5) is 0 Å². The maximum atomic E-state index is 11.2. The maximum Gasteiger partial charge on any atom is 0.191 e. The lowest BCUT2D eigenvalue weighted by Crippen LogP contribution is -2.42. The smallest absolute Gasteiger partial charge is 0.191 e. The molecule has 1 aliphatic rings. The van der Waals surface area contributed by atoms with Gasteiger partial charge in [-0.1, -0.05) is 32.1 Å². The molecule has 136 valence electrons. The summed E-state index contributed by atoms with van der Waals surface area (Å²) in [5.41, 5.74) is 0. The van der Waals surface area contributed by atoms with Crippen LogP contribution in [-0.4, -0.2) is 45.5 Å². The highest BCUT2D eigenvalue weighted by molar-refractivity contribution is 7.90. The van der Waals surface area contributed by atoms with Crippen LogP contribution in [0.5, 0.6) is 0 Å². The Hall–Kier alpha value is -0.780. The first-order chi connectivity index (χ1) is 10.9. The number of rotatable bonds is 9. The molecule has 0 saturated heterocycles. The Bertz CT molecular complexity index is 443. The van der Waals surface area contributed by atoms with Gasteiger partial charge in [0, 0.05) is 25.4 Å². The molecule has 6 heteroatoms. The molecule has 1 saturated carbocycles. The second kappa shape index (κ2) is 10.9. The Morgan fingerprint density at radius 1 is 1.26 bits per heavy atom. The standard InChI is InChI=1S/C17H35N3O2S/c1-4-18-17(20-15(2)12-14-23(3,21)22)19-13-8-11-16-9-6-5-7-10-16/h15-16H,4-14H2,1-3H3,(H2,18,19,20). The highest BCUT2D eigenvalue weighted by atomic mass is 32.2. The van der Waals surface area contributed by atoms with Gasteiger partial charge in [-0.2, -0.15) is 0 Å². The van der Waals surface area contributed by atoms with Crippen molar-refractivity contribution in [2.24, 2.45) is 10.9 Å². The molecule has 2 N–H and O–H groups in total. The second-order valence-electron chi connectivity index (χ2n) is 6.87. The van der Waals surface area contributed by atoms with Gasteiger partial charge in [0.05, 0.1) is 5.75 Å². The average Bonchev–Trinajstić information content (AvgIpc) is 2.50. The molecule has 0 aromatic carbocycles. The molecule has 1 fully saturated rings.